The zero-order chi connectivity index (χ0) is 18.5. The standard InChI is InChI=1S/C12H24.C8H10O.C3H8/c1-4-5-6-7-8-9-10-11-12(2)3;1-9-7-8-5-3-2-4-6-8;1-3-2/h4-5,12H,6-11H2,1-3H3;2-6H,7H2,1H3;3H2,1-2H3/b5-4-;;. The van der Waals surface area contributed by atoms with Gasteiger partial charge in [0.1, 0.15) is 0 Å². The molecule has 0 aliphatic carbocycles. The number of methoxy groups -OCH3 is 1. The van der Waals surface area contributed by atoms with Gasteiger partial charge in [-0.2, -0.15) is 0 Å². The number of ether oxygens (including phenoxy) is 1. The molecule has 0 saturated heterocycles. The van der Waals surface area contributed by atoms with E-state index in [1.807, 2.05) is 30.3 Å². The Labute approximate surface area is 152 Å². The molecule has 140 valence electrons. The average Bonchev–Trinajstić information content (AvgIpc) is 2.56. The van der Waals surface area contributed by atoms with Gasteiger partial charge in [-0.05, 0) is 31.2 Å². The van der Waals surface area contributed by atoms with Crippen LogP contribution in [0.25, 0.3) is 0 Å². The van der Waals surface area contributed by atoms with Crippen LogP contribution < -0.4 is 0 Å². The van der Waals surface area contributed by atoms with Crippen LogP contribution in [0.2, 0.25) is 0 Å². The minimum absolute atomic E-state index is 0.709. The highest BCUT2D eigenvalue weighted by molar-refractivity contribution is 5.13. The Hall–Kier alpha value is -1.08. The monoisotopic (exact) mass is 334 g/mol. The number of hydrogen-bond acceptors (Lipinski definition) is 1. The van der Waals surface area contributed by atoms with Crippen molar-refractivity contribution in [3.8, 4) is 0 Å². The number of benzene rings is 1. The van der Waals surface area contributed by atoms with E-state index in [-0.39, 0.29) is 0 Å². The van der Waals surface area contributed by atoms with E-state index in [9.17, 15) is 0 Å². The molecule has 0 aromatic heterocycles. The molecule has 0 amide bonds. The molecular formula is C23H42O. The van der Waals surface area contributed by atoms with Gasteiger partial charge in [0.25, 0.3) is 0 Å². The van der Waals surface area contributed by atoms with Crippen molar-refractivity contribution in [3.63, 3.8) is 0 Å². The van der Waals surface area contributed by atoms with Gasteiger partial charge in [0.05, 0.1) is 6.61 Å². The van der Waals surface area contributed by atoms with Crippen molar-refractivity contribution in [2.45, 2.75) is 86.2 Å². The Kier molecular flexibility index (Phi) is 23.0. The molecule has 0 aliphatic rings. The third kappa shape index (κ3) is 23.2. The molecule has 0 fully saturated rings. The largest absolute Gasteiger partial charge is 0.380 e. The first kappa shape index (κ1) is 25.2. The summed E-state index contributed by atoms with van der Waals surface area (Å²) in [6.07, 6.45) is 14.0. The predicted molar refractivity (Wildman–Crippen MR) is 110 cm³/mol. The summed E-state index contributed by atoms with van der Waals surface area (Å²) in [4.78, 5) is 0. The van der Waals surface area contributed by atoms with Gasteiger partial charge in [-0.25, -0.2) is 0 Å². The molecule has 1 heteroatoms. The molecular weight excluding hydrogens is 292 g/mol. The third-order valence-corrected chi connectivity index (χ3v) is 3.29. The molecule has 0 atom stereocenters. The summed E-state index contributed by atoms with van der Waals surface area (Å²) in [7, 11) is 1.70. The van der Waals surface area contributed by atoms with E-state index < -0.39 is 0 Å². The molecule has 1 nitrogen and oxygen atoms in total. The second-order valence-electron chi connectivity index (χ2n) is 6.58. The maximum atomic E-state index is 4.93. The van der Waals surface area contributed by atoms with Crippen LogP contribution in [-0.4, -0.2) is 7.11 Å². The Morgan fingerprint density at radius 3 is 2.04 bits per heavy atom. The van der Waals surface area contributed by atoms with E-state index >= 15 is 0 Å². The molecule has 0 bridgehead atoms. The smallest absolute Gasteiger partial charge is 0.0713 e. The molecule has 0 radical (unpaired) electrons. The van der Waals surface area contributed by atoms with Gasteiger partial charge in [-0.1, -0.05) is 102 Å². The topological polar surface area (TPSA) is 9.23 Å². The van der Waals surface area contributed by atoms with Crippen LogP contribution in [0.15, 0.2) is 42.5 Å². The maximum absolute atomic E-state index is 4.93. The summed E-state index contributed by atoms with van der Waals surface area (Å²) >= 11 is 0. The van der Waals surface area contributed by atoms with Gasteiger partial charge in [-0.15, -0.1) is 0 Å². The molecule has 0 aliphatic heterocycles. The van der Waals surface area contributed by atoms with Crippen molar-refractivity contribution < 1.29 is 4.74 Å². The fourth-order valence-corrected chi connectivity index (χ4v) is 2.08. The van der Waals surface area contributed by atoms with E-state index in [0.29, 0.717) is 6.61 Å². The van der Waals surface area contributed by atoms with E-state index in [1.165, 1.54) is 50.5 Å². The summed E-state index contributed by atoms with van der Waals surface area (Å²) in [5, 5.41) is 0. The first-order valence-electron chi connectivity index (χ1n) is 9.76. The first-order chi connectivity index (χ1) is 11.6. The lowest BCUT2D eigenvalue weighted by molar-refractivity contribution is 0.185. The fraction of sp³-hybridized carbons (Fsp3) is 0.652. The van der Waals surface area contributed by atoms with Crippen LogP contribution in [-0.2, 0) is 11.3 Å². The second-order valence-corrected chi connectivity index (χ2v) is 6.58. The van der Waals surface area contributed by atoms with Crippen molar-refractivity contribution in [2.75, 3.05) is 7.11 Å². The van der Waals surface area contributed by atoms with Crippen molar-refractivity contribution >= 4 is 0 Å². The minimum Gasteiger partial charge on any atom is -0.380 e. The SMILES string of the molecule is C/C=C\CCCCCCC(C)C.CCC.COCc1ccccc1. The Bertz CT molecular complexity index is 340. The van der Waals surface area contributed by atoms with Crippen LogP contribution in [0.1, 0.15) is 85.1 Å². The van der Waals surface area contributed by atoms with Crippen molar-refractivity contribution in [1.29, 1.82) is 0 Å². The zero-order valence-corrected chi connectivity index (χ0v) is 17.2. The van der Waals surface area contributed by atoms with Gasteiger partial charge in [0.2, 0.25) is 0 Å². The highest BCUT2D eigenvalue weighted by Gasteiger charge is 1.93. The summed E-state index contributed by atoms with van der Waals surface area (Å²) in [5.74, 6) is 0.889. The molecule has 0 saturated carbocycles. The van der Waals surface area contributed by atoms with E-state index in [2.05, 4.69) is 46.8 Å². The number of hydrogen-bond donors (Lipinski definition) is 0. The van der Waals surface area contributed by atoms with Gasteiger partial charge in [0.15, 0.2) is 0 Å². The lowest BCUT2D eigenvalue weighted by Gasteiger charge is -2.02. The average molecular weight is 335 g/mol. The van der Waals surface area contributed by atoms with Crippen molar-refractivity contribution in [1.82, 2.24) is 0 Å². The first-order valence-corrected chi connectivity index (χ1v) is 9.76. The summed E-state index contributed by atoms with van der Waals surface area (Å²) in [6, 6.07) is 10.1. The number of allylic oxidation sites excluding steroid dienone is 2. The van der Waals surface area contributed by atoms with Gasteiger partial charge in [-0.3, -0.25) is 0 Å². The van der Waals surface area contributed by atoms with E-state index in [0.717, 1.165) is 5.92 Å². The van der Waals surface area contributed by atoms with Crippen LogP contribution >= 0.6 is 0 Å². The van der Waals surface area contributed by atoms with Crippen LogP contribution in [0.5, 0.6) is 0 Å². The summed E-state index contributed by atoms with van der Waals surface area (Å²) in [5.41, 5.74) is 1.22. The molecule has 0 unspecified atom stereocenters. The summed E-state index contributed by atoms with van der Waals surface area (Å²) < 4.78 is 4.93. The molecule has 0 heterocycles. The van der Waals surface area contributed by atoms with Gasteiger partial charge >= 0.3 is 0 Å². The molecule has 1 aromatic carbocycles. The highest BCUT2D eigenvalue weighted by Crippen LogP contribution is 2.10. The molecule has 24 heavy (non-hydrogen) atoms. The quantitative estimate of drug-likeness (QED) is 0.330. The Morgan fingerprint density at radius 1 is 0.958 bits per heavy atom. The predicted octanol–water partition coefficient (Wildman–Crippen LogP) is 7.81. The minimum atomic E-state index is 0.709. The third-order valence-electron chi connectivity index (χ3n) is 3.29. The zero-order valence-electron chi connectivity index (χ0n) is 17.2. The van der Waals surface area contributed by atoms with Gasteiger partial charge < -0.3 is 4.74 Å². The van der Waals surface area contributed by atoms with Crippen molar-refractivity contribution in [3.05, 3.63) is 48.0 Å². The summed E-state index contributed by atoms with van der Waals surface area (Å²) in [6.45, 7) is 11.7. The lowest BCUT2D eigenvalue weighted by atomic mass is 10.0. The second kappa shape index (κ2) is 21.9. The fourth-order valence-electron chi connectivity index (χ4n) is 2.08. The normalized spacial score (nSPS) is 10.1. The van der Waals surface area contributed by atoms with Gasteiger partial charge in [0, 0.05) is 7.11 Å². The highest BCUT2D eigenvalue weighted by atomic mass is 16.5. The van der Waals surface area contributed by atoms with Crippen molar-refractivity contribution in [2.24, 2.45) is 5.92 Å². The van der Waals surface area contributed by atoms with E-state index in [1.54, 1.807) is 7.11 Å². The number of unbranched alkanes of at least 4 members (excludes halogenated alkanes) is 4. The lowest BCUT2D eigenvalue weighted by Crippen LogP contribution is -1.86. The molecule has 0 N–H and O–H groups in total. The van der Waals surface area contributed by atoms with Crippen LogP contribution in [0, 0.1) is 5.92 Å². The molecule has 0 spiro atoms. The Morgan fingerprint density at radius 2 is 1.54 bits per heavy atom. The van der Waals surface area contributed by atoms with Crippen LogP contribution in [0.3, 0.4) is 0 Å². The Balaban J connectivity index is 0. The maximum Gasteiger partial charge on any atom is 0.0713 e. The van der Waals surface area contributed by atoms with Crippen LogP contribution in [0.4, 0.5) is 0 Å². The molecule has 1 aromatic rings. The molecule has 1 rings (SSSR count). The van der Waals surface area contributed by atoms with E-state index in [4.69, 9.17) is 4.74 Å². The number of rotatable bonds is 9.